The van der Waals surface area contributed by atoms with Crippen molar-refractivity contribution in [2.24, 2.45) is 0 Å². The van der Waals surface area contributed by atoms with Crippen LogP contribution in [0.4, 0.5) is 17.1 Å². The van der Waals surface area contributed by atoms with Crippen molar-refractivity contribution in [3.05, 3.63) is 88.0 Å². The lowest BCUT2D eigenvalue weighted by Gasteiger charge is -2.11. The number of anilines is 3. The summed E-state index contributed by atoms with van der Waals surface area (Å²) in [6.07, 6.45) is 0. The number of para-hydroxylation sites is 1. The zero-order chi connectivity index (χ0) is 18.4. The standard InChI is InChI=1S/C20H16IN3OS/c21-15-6-4-5-14(13-15)19(25)24-20(26)23-18-11-9-17(10-12-18)22-16-7-2-1-3-8-16/h1-13,22H,(H2,23,24,25,26). The smallest absolute Gasteiger partial charge is 0.257 e. The summed E-state index contributed by atoms with van der Waals surface area (Å²) >= 11 is 7.39. The first-order chi connectivity index (χ1) is 12.6. The minimum Gasteiger partial charge on any atom is -0.356 e. The predicted molar refractivity (Wildman–Crippen MR) is 119 cm³/mol. The number of halogens is 1. The van der Waals surface area contributed by atoms with Gasteiger partial charge in [-0.2, -0.15) is 0 Å². The Balaban J connectivity index is 1.56. The van der Waals surface area contributed by atoms with Crippen molar-refractivity contribution in [2.75, 3.05) is 10.6 Å². The van der Waals surface area contributed by atoms with Gasteiger partial charge in [0, 0.05) is 26.2 Å². The normalized spacial score (nSPS) is 10.0. The Kier molecular flexibility index (Phi) is 6.19. The van der Waals surface area contributed by atoms with E-state index in [9.17, 15) is 4.79 Å². The van der Waals surface area contributed by atoms with E-state index >= 15 is 0 Å². The van der Waals surface area contributed by atoms with Crippen LogP contribution in [0.25, 0.3) is 0 Å². The van der Waals surface area contributed by atoms with Crippen molar-refractivity contribution in [3.63, 3.8) is 0 Å². The molecule has 0 fully saturated rings. The van der Waals surface area contributed by atoms with E-state index in [4.69, 9.17) is 12.2 Å². The molecule has 0 atom stereocenters. The summed E-state index contributed by atoms with van der Waals surface area (Å²) < 4.78 is 0.996. The molecule has 0 aliphatic rings. The Labute approximate surface area is 171 Å². The fraction of sp³-hybridized carbons (Fsp3) is 0. The van der Waals surface area contributed by atoms with E-state index in [-0.39, 0.29) is 11.0 Å². The van der Waals surface area contributed by atoms with Crippen molar-refractivity contribution >= 4 is 62.9 Å². The predicted octanol–water partition coefficient (Wildman–Crippen LogP) is 5.16. The maximum Gasteiger partial charge on any atom is 0.257 e. The molecule has 0 aromatic heterocycles. The lowest BCUT2D eigenvalue weighted by Crippen LogP contribution is -2.34. The molecule has 6 heteroatoms. The Hall–Kier alpha value is -2.45. The quantitative estimate of drug-likeness (QED) is 0.362. The van der Waals surface area contributed by atoms with Gasteiger partial charge < -0.3 is 10.6 Å². The molecule has 130 valence electrons. The van der Waals surface area contributed by atoms with Gasteiger partial charge in [0.15, 0.2) is 5.11 Å². The third kappa shape index (κ3) is 5.27. The number of rotatable bonds is 4. The van der Waals surface area contributed by atoms with E-state index in [1.54, 1.807) is 6.07 Å². The van der Waals surface area contributed by atoms with Gasteiger partial charge >= 0.3 is 0 Å². The molecule has 0 saturated carbocycles. The van der Waals surface area contributed by atoms with E-state index < -0.39 is 0 Å². The molecule has 26 heavy (non-hydrogen) atoms. The van der Waals surface area contributed by atoms with Crippen LogP contribution in [0.3, 0.4) is 0 Å². The number of benzene rings is 3. The highest BCUT2D eigenvalue weighted by Gasteiger charge is 2.08. The summed E-state index contributed by atoms with van der Waals surface area (Å²) in [5, 5.41) is 9.28. The van der Waals surface area contributed by atoms with Crippen molar-refractivity contribution < 1.29 is 4.79 Å². The second-order valence-electron chi connectivity index (χ2n) is 5.49. The number of carbonyl (C=O) groups is 1. The van der Waals surface area contributed by atoms with E-state index in [1.807, 2.05) is 72.8 Å². The van der Waals surface area contributed by atoms with Crippen LogP contribution in [0.5, 0.6) is 0 Å². The molecule has 0 aliphatic heterocycles. The van der Waals surface area contributed by atoms with Crippen LogP contribution in [0.1, 0.15) is 10.4 Å². The van der Waals surface area contributed by atoms with Crippen LogP contribution in [0, 0.1) is 3.57 Å². The van der Waals surface area contributed by atoms with Gasteiger partial charge in [-0.15, -0.1) is 0 Å². The summed E-state index contributed by atoms with van der Waals surface area (Å²) in [4.78, 5) is 12.2. The van der Waals surface area contributed by atoms with Crippen LogP contribution < -0.4 is 16.0 Å². The SMILES string of the molecule is O=C(NC(=S)Nc1ccc(Nc2ccccc2)cc1)c1cccc(I)c1. The van der Waals surface area contributed by atoms with Crippen molar-refractivity contribution in [2.45, 2.75) is 0 Å². The maximum absolute atomic E-state index is 12.2. The Bertz CT molecular complexity index is 914. The lowest BCUT2D eigenvalue weighted by atomic mass is 10.2. The zero-order valence-corrected chi connectivity index (χ0v) is 16.7. The molecule has 0 radical (unpaired) electrons. The van der Waals surface area contributed by atoms with Crippen LogP contribution in [0.15, 0.2) is 78.9 Å². The summed E-state index contributed by atoms with van der Waals surface area (Å²) in [6, 6.07) is 25.0. The highest BCUT2D eigenvalue weighted by molar-refractivity contribution is 14.1. The minimum atomic E-state index is -0.233. The molecule has 0 aliphatic carbocycles. The first-order valence-corrected chi connectivity index (χ1v) is 9.39. The van der Waals surface area contributed by atoms with E-state index in [1.165, 1.54) is 0 Å². The van der Waals surface area contributed by atoms with Gasteiger partial charge in [-0.05, 0) is 89.4 Å². The number of amides is 1. The zero-order valence-electron chi connectivity index (χ0n) is 13.7. The Morgan fingerprint density at radius 2 is 1.46 bits per heavy atom. The van der Waals surface area contributed by atoms with Gasteiger partial charge in [0.25, 0.3) is 5.91 Å². The van der Waals surface area contributed by atoms with Crippen LogP contribution >= 0.6 is 34.8 Å². The average Bonchev–Trinajstić information content (AvgIpc) is 2.64. The molecule has 0 heterocycles. The van der Waals surface area contributed by atoms with Gasteiger partial charge in [0.05, 0.1) is 0 Å². The molecule has 3 aromatic carbocycles. The monoisotopic (exact) mass is 473 g/mol. The van der Waals surface area contributed by atoms with Crippen LogP contribution in [0.2, 0.25) is 0 Å². The second kappa shape index (κ2) is 8.77. The molecule has 3 aromatic rings. The van der Waals surface area contributed by atoms with E-state index in [0.29, 0.717) is 5.56 Å². The third-order valence-corrected chi connectivity index (χ3v) is 4.39. The Morgan fingerprint density at radius 3 is 2.15 bits per heavy atom. The summed E-state index contributed by atoms with van der Waals surface area (Å²) in [5.74, 6) is -0.233. The molecule has 0 spiro atoms. The first kappa shape index (κ1) is 18.3. The Morgan fingerprint density at radius 1 is 0.808 bits per heavy atom. The number of hydrogen-bond donors (Lipinski definition) is 3. The highest BCUT2D eigenvalue weighted by Crippen LogP contribution is 2.18. The molecular formula is C20H16IN3OS. The van der Waals surface area contributed by atoms with Crippen molar-refractivity contribution in [1.82, 2.24) is 5.32 Å². The molecule has 0 bridgehead atoms. The van der Waals surface area contributed by atoms with Crippen molar-refractivity contribution in [3.8, 4) is 0 Å². The molecule has 3 rings (SSSR count). The van der Waals surface area contributed by atoms with Crippen LogP contribution in [-0.2, 0) is 0 Å². The number of carbonyl (C=O) groups excluding carboxylic acids is 1. The molecule has 0 saturated heterocycles. The first-order valence-electron chi connectivity index (χ1n) is 7.90. The van der Waals surface area contributed by atoms with E-state index in [0.717, 1.165) is 20.6 Å². The summed E-state index contributed by atoms with van der Waals surface area (Å²) in [6.45, 7) is 0. The minimum absolute atomic E-state index is 0.233. The second-order valence-corrected chi connectivity index (χ2v) is 7.14. The fourth-order valence-electron chi connectivity index (χ4n) is 2.29. The van der Waals surface area contributed by atoms with Gasteiger partial charge in [0.2, 0.25) is 0 Å². The number of hydrogen-bond acceptors (Lipinski definition) is 3. The summed E-state index contributed by atoms with van der Waals surface area (Å²) in [5.41, 5.74) is 3.36. The van der Waals surface area contributed by atoms with Gasteiger partial charge in [-0.3, -0.25) is 10.1 Å². The molecule has 3 N–H and O–H groups in total. The largest absolute Gasteiger partial charge is 0.356 e. The number of nitrogens with one attached hydrogen (secondary N) is 3. The average molecular weight is 473 g/mol. The van der Waals surface area contributed by atoms with Crippen molar-refractivity contribution in [1.29, 1.82) is 0 Å². The lowest BCUT2D eigenvalue weighted by molar-refractivity contribution is 0.0977. The highest BCUT2D eigenvalue weighted by atomic mass is 127. The van der Waals surface area contributed by atoms with Gasteiger partial charge in [-0.25, -0.2) is 0 Å². The van der Waals surface area contributed by atoms with E-state index in [2.05, 4.69) is 38.5 Å². The molecule has 0 unspecified atom stereocenters. The summed E-state index contributed by atoms with van der Waals surface area (Å²) in [7, 11) is 0. The number of thiocarbonyl (C=S) groups is 1. The molecule has 1 amide bonds. The van der Waals surface area contributed by atoms with Crippen LogP contribution in [-0.4, -0.2) is 11.0 Å². The topological polar surface area (TPSA) is 53.2 Å². The van der Waals surface area contributed by atoms with Gasteiger partial charge in [-0.1, -0.05) is 24.3 Å². The van der Waals surface area contributed by atoms with Gasteiger partial charge in [0.1, 0.15) is 0 Å². The third-order valence-electron chi connectivity index (χ3n) is 3.52. The fourth-order valence-corrected chi connectivity index (χ4v) is 3.05. The molecule has 4 nitrogen and oxygen atoms in total. The molecular weight excluding hydrogens is 457 g/mol. The maximum atomic E-state index is 12.2.